The molecule has 64 valence electrons. The van der Waals surface area contributed by atoms with Crippen LogP contribution in [0.25, 0.3) is 0 Å². The van der Waals surface area contributed by atoms with Gasteiger partial charge < -0.3 is 4.74 Å². The number of imide groups is 1. The van der Waals surface area contributed by atoms with E-state index in [0.717, 1.165) is 0 Å². The summed E-state index contributed by atoms with van der Waals surface area (Å²) in [7, 11) is 1.50. The topological polar surface area (TPSA) is 79.5 Å². The van der Waals surface area contributed by atoms with Crippen LogP contribution in [0.2, 0.25) is 0 Å². The largest absolute Gasteiger partial charge is 0.450 e. The van der Waals surface area contributed by atoms with E-state index in [-0.39, 0.29) is 6.61 Å². The number of hydrazine groups is 1. The van der Waals surface area contributed by atoms with Crippen molar-refractivity contribution in [2.45, 2.75) is 6.92 Å². The number of alkyl carbamates (subject to hydrolysis) is 1. The molecule has 0 fully saturated rings. The summed E-state index contributed by atoms with van der Waals surface area (Å²) in [5, 5.41) is 1.91. The Kier molecular flexibility index (Phi) is 4.83. The molecule has 0 aromatic rings. The summed E-state index contributed by atoms with van der Waals surface area (Å²) in [6.45, 7) is 1.88. The fraction of sp³-hybridized carbons (Fsp3) is 0.600. The zero-order valence-electron chi connectivity index (χ0n) is 6.43. The maximum absolute atomic E-state index is 10.5. The highest BCUT2D eigenvalue weighted by Gasteiger charge is 2.04. The van der Waals surface area contributed by atoms with Crippen molar-refractivity contribution in [2.24, 2.45) is 0 Å². The van der Waals surface area contributed by atoms with Gasteiger partial charge in [0.2, 0.25) is 0 Å². The summed E-state index contributed by atoms with van der Waals surface area (Å²) in [5.41, 5.74) is 4.48. The summed E-state index contributed by atoms with van der Waals surface area (Å²) >= 11 is 0. The van der Waals surface area contributed by atoms with Gasteiger partial charge in [-0.15, -0.1) is 0 Å². The maximum Gasteiger partial charge on any atom is 0.415 e. The first-order valence-electron chi connectivity index (χ1n) is 3.11. The lowest BCUT2D eigenvalue weighted by Gasteiger charge is -2.03. The van der Waals surface area contributed by atoms with Gasteiger partial charge in [0.25, 0.3) is 0 Å². The molecule has 0 unspecified atom stereocenters. The third-order valence-electron chi connectivity index (χ3n) is 0.730. The Morgan fingerprint density at radius 1 is 1.45 bits per heavy atom. The van der Waals surface area contributed by atoms with Crippen LogP contribution in [0.15, 0.2) is 0 Å². The van der Waals surface area contributed by atoms with E-state index in [9.17, 15) is 9.59 Å². The number of hydrogen-bond donors (Lipinski definition) is 3. The van der Waals surface area contributed by atoms with Gasteiger partial charge in [-0.1, -0.05) is 0 Å². The predicted octanol–water partition coefficient (Wildman–Crippen LogP) is -0.424. The molecule has 11 heavy (non-hydrogen) atoms. The normalized spacial score (nSPS) is 8.55. The van der Waals surface area contributed by atoms with Crippen LogP contribution in [-0.2, 0) is 4.74 Å². The number of urea groups is 1. The van der Waals surface area contributed by atoms with E-state index in [2.05, 4.69) is 15.6 Å². The van der Waals surface area contributed by atoms with E-state index in [1.54, 1.807) is 6.92 Å². The van der Waals surface area contributed by atoms with E-state index in [1.165, 1.54) is 7.05 Å². The van der Waals surface area contributed by atoms with E-state index < -0.39 is 12.1 Å². The van der Waals surface area contributed by atoms with E-state index >= 15 is 0 Å². The van der Waals surface area contributed by atoms with Crippen molar-refractivity contribution in [2.75, 3.05) is 13.7 Å². The second-order valence-corrected chi connectivity index (χ2v) is 1.55. The minimum atomic E-state index is -0.764. The molecule has 0 rings (SSSR count). The van der Waals surface area contributed by atoms with Crippen molar-refractivity contribution < 1.29 is 14.3 Å². The Morgan fingerprint density at radius 3 is 2.55 bits per heavy atom. The number of carbonyl (C=O) groups is 2. The van der Waals surface area contributed by atoms with Gasteiger partial charge in [0.05, 0.1) is 6.61 Å². The lowest BCUT2D eigenvalue weighted by atomic mass is 10.8. The summed E-state index contributed by atoms with van der Waals surface area (Å²) in [4.78, 5) is 21.0. The molecule has 0 bridgehead atoms. The predicted molar refractivity (Wildman–Crippen MR) is 37.7 cm³/mol. The van der Waals surface area contributed by atoms with Crippen molar-refractivity contribution >= 4 is 12.1 Å². The molecule has 0 spiro atoms. The highest BCUT2D eigenvalue weighted by atomic mass is 16.5. The molecule has 0 atom stereocenters. The number of amides is 3. The third-order valence-corrected chi connectivity index (χ3v) is 0.730. The van der Waals surface area contributed by atoms with Crippen LogP contribution in [-0.4, -0.2) is 25.8 Å². The lowest BCUT2D eigenvalue weighted by Crippen LogP contribution is -2.44. The van der Waals surface area contributed by atoms with Crippen LogP contribution in [0.3, 0.4) is 0 Å². The zero-order chi connectivity index (χ0) is 8.69. The maximum atomic E-state index is 10.5. The van der Waals surface area contributed by atoms with Gasteiger partial charge in [-0.25, -0.2) is 20.3 Å². The highest BCUT2D eigenvalue weighted by molar-refractivity contribution is 5.90. The Hall–Kier alpha value is -1.30. The Morgan fingerprint density at radius 2 is 2.09 bits per heavy atom. The quantitative estimate of drug-likeness (QED) is 0.480. The molecule has 0 aliphatic carbocycles. The summed E-state index contributed by atoms with van der Waals surface area (Å²) in [5.74, 6) is 0. The molecule has 0 saturated heterocycles. The summed E-state index contributed by atoms with van der Waals surface area (Å²) in [6, 6.07) is -0.647. The fourth-order valence-electron chi connectivity index (χ4n) is 0.405. The molecule has 0 heterocycles. The van der Waals surface area contributed by atoms with Crippen LogP contribution in [0, 0.1) is 0 Å². The van der Waals surface area contributed by atoms with E-state index in [0.29, 0.717) is 0 Å². The van der Waals surface area contributed by atoms with Crippen LogP contribution in [0.4, 0.5) is 9.59 Å². The zero-order valence-corrected chi connectivity index (χ0v) is 6.43. The molecule has 0 saturated carbocycles. The van der Waals surface area contributed by atoms with Gasteiger partial charge in [-0.2, -0.15) is 0 Å². The molecule has 0 radical (unpaired) electrons. The van der Waals surface area contributed by atoms with Gasteiger partial charge in [0.1, 0.15) is 0 Å². The molecule has 3 amide bonds. The molecule has 0 aromatic carbocycles. The molecule has 6 heteroatoms. The number of rotatable bonds is 2. The molecule has 6 nitrogen and oxygen atoms in total. The average molecular weight is 161 g/mol. The number of nitrogens with one attached hydrogen (secondary N) is 3. The molecular formula is C5H11N3O3. The lowest BCUT2D eigenvalue weighted by molar-refractivity contribution is 0.152. The number of hydrogen-bond acceptors (Lipinski definition) is 4. The first-order valence-corrected chi connectivity index (χ1v) is 3.11. The van der Waals surface area contributed by atoms with Crippen molar-refractivity contribution in [1.82, 2.24) is 16.2 Å². The highest BCUT2D eigenvalue weighted by Crippen LogP contribution is 1.74. The minimum Gasteiger partial charge on any atom is -0.450 e. The van der Waals surface area contributed by atoms with Crippen molar-refractivity contribution in [3.63, 3.8) is 0 Å². The number of carbonyl (C=O) groups excluding carboxylic acids is 2. The van der Waals surface area contributed by atoms with Crippen LogP contribution in [0.1, 0.15) is 6.92 Å². The van der Waals surface area contributed by atoms with Crippen molar-refractivity contribution in [3.8, 4) is 0 Å². The van der Waals surface area contributed by atoms with Crippen molar-refractivity contribution in [1.29, 1.82) is 0 Å². The number of ether oxygens (including phenoxy) is 1. The summed E-state index contributed by atoms with van der Waals surface area (Å²) < 4.78 is 4.42. The second-order valence-electron chi connectivity index (χ2n) is 1.55. The first kappa shape index (κ1) is 9.70. The molecule has 0 aliphatic rings. The molecule has 3 N–H and O–H groups in total. The van der Waals surface area contributed by atoms with E-state index in [4.69, 9.17) is 0 Å². The van der Waals surface area contributed by atoms with Gasteiger partial charge in [0, 0.05) is 7.05 Å². The van der Waals surface area contributed by atoms with Crippen molar-refractivity contribution in [3.05, 3.63) is 0 Å². The molecule has 0 aliphatic heterocycles. The van der Waals surface area contributed by atoms with Gasteiger partial charge >= 0.3 is 12.1 Å². The van der Waals surface area contributed by atoms with Gasteiger partial charge in [-0.05, 0) is 6.92 Å². The van der Waals surface area contributed by atoms with Crippen LogP contribution >= 0.6 is 0 Å². The first-order chi connectivity index (χ1) is 5.20. The smallest absolute Gasteiger partial charge is 0.415 e. The average Bonchev–Trinajstić information content (AvgIpc) is 1.87. The standard InChI is InChI=1S/C5H11N3O3/c1-3-11-5(10)7-4(9)8-6-2/h6H,3H2,1-2H3,(H2,7,8,9,10). The second kappa shape index (κ2) is 5.48. The van der Waals surface area contributed by atoms with Gasteiger partial charge in [-0.3, -0.25) is 5.43 Å². The third kappa shape index (κ3) is 5.16. The summed E-state index contributed by atoms with van der Waals surface area (Å²) in [6.07, 6.45) is -0.764. The minimum absolute atomic E-state index is 0.235. The Bertz CT molecular complexity index is 132. The molecule has 0 aromatic heterocycles. The van der Waals surface area contributed by atoms with Gasteiger partial charge in [0.15, 0.2) is 0 Å². The fourth-order valence-corrected chi connectivity index (χ4v) is 0.405. The Labute approximate surface area is 64.3 Å². The SMILES string of the molecule is CCOC(=O)NC(=O)NNC. The monoisotopic (exact) mass is 161 g/mol. The van der Waals surface area contributed by atoms with Crippen LogP contribution in [0.5, 0.6) is 0 Å². The Balaban J connectivity index is 3.49. The van der Waals surface area contributed by atoms with E-state index in [1.807, 2.05) is 5.32 Å². The molecular weight excluding hydrogens is 150 g/mol. The van der Waals surface area contributed by atoms with Crippen LogP contribution < -0.4 is 16.2 Å².